The Morgan fingerprint density at radius 3 is 2.18 bits per heavy atom. The fourth-order valence-corrected chi connectivity index (χ4v) is 2.62. The molecule has 0 aliphatic heterocycles. The van der Waals surface area contributed by atoms with Crippen LogP contribution in [0, 0.1) is 11.8 Å². The van der Waals surface area contributed by atoms with Crippen LogP contribution in [0.4, 0.5) is 0 Å². The number of carbonyl (C=O) groups excluding carboxylic acids is 1. The topological polar surface area (TPSA) is 44.8 Å². The molecular weight excluding hydrogens is 296 g/mol. The smallest absolute Gasteiger partial charge is 0.384 e. The molecule has 0 aliphatic carbocycles. The van der Waals surface area contributed by atoms with Crippen molar-refractivity contribution >= 4 is 14.3 Å². The third-order valence-electron chi connectivity index (χ3n) is 3.75. The zero-order chi connectivity index (χ0) is 17.4. The molecule has 0 aromatic heterocycles. The van der Waals surface area contributed by atoms with Crippen LogP contribution < -0.4 is 0 Å². The lowest BCUT2D eigenvalue weighted by molar-refractivity contribution is -0.133. The van der Waals surface area contributed by atoms with Gasteiger partial charge in [-0.2, -0.15) is 0 Å². The van der Waals surface area contributed by atoms with Crippen molar-refractivity contribution in [1.29, 1.82) is 0 Å². The second kappa shape index (κ2) is 8.94. The fraction of sp³-hybridized carbons (Fsp3) is 0.588. The van der Waals surface area contributed by atoms with Gasteiger partial charge in [0.15, 0.2) is 8.32 Å². The van der Waals surface area contributed by atoms with E-state index in [2.05, 4.69) is 63.6 Å². The first-order chi connectivity index (χ1) is 10.1. The minimum absolute atomic E-state index is 0.0880. The van der Waals surface area contributed by atoms with E-state index in [1.54, 1.807) is 12.2 Å². The summed E-state index contributed by atoms with van der Waals surface area (Å²) in [4.78, 5) is 10.9. The van der Waals surface area contributed by atoms with Crippen molar-refractivity contribution in [3.8, 4) is 11.8 Å². The normalized spacial score (nSPS) is 14.3. The molecule has 0 N–H and O–H groups in total. The van der Waals surface area contributed by atoms with Crippen LogP contribution in [0.25, 0.3) is 0 Å². The summed E-state index contributed by atoms with van der Waals surface area (Å²) in [6.07, 6.45) is 2.73. The molecular formula is C17H28O4Si. The van der Waals surface area contributed by atoms with Gasteiger partial charge in [0.2, 0.25) is 0 Å². The van der Waals surface area contributed by atoms with Gasteiger partial charge in [0.05, 0.1) is 13.2 Å². The SMILES string of the molecule is C=C[C@@H](OCC#CC(=O)OC)[C@@H](C=C)O[Si](C)(C)C(C)(C)C. The van der Waals surface area contributed by atoms with E-state index in [0.29, 0.717) is 0 Å². The lowest BCUT2D eigenvalue weighted by atomic mass is 10.2. The molecule has 0 saturated heterocycles. The van der Waals surface area contributed by atoms with Gasteiger partial charge in [-0.25, -0.2) is 4.79 Å². The number of esters is 1. The monoisotopic (exact) mass is 324 g/mol. The summed E-state index contributed by atoms with van der Waals surface area (Å²) in [5.41, 5.74) is 0. The van der Waals surface area contributed by atoms with Crippen LogP contribution in [-0.4, -0.2) is 40.2 Å². The Labute approximate surface area is 135 Å². The molecule has 0 aromatic carbocycles. The zero-order valence-electron chi connectivity index (χ0n) is 14.6. The molecule has 0 rings (SSSR count). The highest BCUT2D eigenvalue weighted by Crippen LogP contribution is 2.37. The molecule has 0 radical (unpaired) electrons. The summed E-state index contributed by atoms with van der Waals surface area (Å²) in [5.74, 6) is 4.33. The Bertz CT molecular complexity index is 452. The molecule has 0 spiro atoms. The molecule has 124 valence electrons. The van der Waals surface area contributed by atoms with Crippen LogP contribution in [0.1, 0.15) is 20.8 Å². The van der Waals surface area contributed by atoms with Crippen LogP contribution in [0.2, 0.25) is 18.1 Å². The summed E-state index contributed by atoms with van der Waals surface area (Å²) in [6, 6.07) is 0. The van der Waals surface area contributed by atoms with Gasteiger partial charge in [0.1, 0.15) is 12.7 Å². The average molecular weight is 324 g/mol. The average Bonchev–Trinajstić information content (AvgIpc) is 2.43. The van der Waals surface area contributed by atoms with Crippen molar-refractivity contribution in [3.05, 3.63) is 25.3 Å². The van der Waals surface area contributed by atoms with Crippen molar-refractivity contribution < 1.29 is 18.7 Å². The van der Waals surface area contributed by atoms with E-state index in [4.69, 9.17) is 9.16 Å². The number of hydrogen-bond donors (Lipinski definition) is 0. The van der Waals surface area contributed by atoms with E-state index < -0.39 is 14.3 Å². The van der Waals surface area contributed by atoms with E-state index in [1.165, 1.54) is 7.11 Å². The third kappa shape index (κ3) is 6.61. The highest BCUT2D eigenvalue weighted by Gasteiger charge is 2.39. The van der Waals surface area contributed by atoms with Crippen molar-refractivity contribution in [3.63, 3.8) is 0 Å². The van der Waals surface area contributed by atoms with Gasteiger partial charge < -0.3 is 13.9 Å². The van der Waals surface area contributed by atoms with E-state index >= 15 is 0 Å². The molecule has 0 heterocycles. The summed E-state index contributed by atoms with van der Waals surface area (Å²) < 4.78 is 16.3. The van der Waals surface area contributed by atoms with Crippen LogP contribution >= 0.6 is 0 Å². The largest absolute Gasteiger partial charge is 0.459 e. The summed E-state index contributed by atoms with van der Waals surface area (Å²) >= 11 is 0. The molecule has 0 amide bonds. The van der Waals surface area contributed by atoms with Crippen molar-refractivity contribution in [2.75, 3.05) is 13.7 Å². The fourth-order valence-electron chi connectivity index (χ4n) is 1.36. The highest BCUT2D eigenvalue weighted by atomic mass is 28.4. The molecule has 0 bridgehead atoms. The van der Waals surface area contributed by atoms with Crippen LogP contribution in [0.3, 0.4) is 0 Å². The predicted octanol–water partition coefficient (Wildman–Crippen LogP) is 3.31. The first-order valence-electron chi connectivity index (χ1n) is 7.20. The van der Waals surface area contributed by atoms with Gasteiger partial charge >= 0.3 is 5.97 Å². The molecule has 22 heavy (non-hydrogen) atoms. The second-order valence-corrected chi connectivity index (χ2v) is 11.1. The van der Waals surface area contributed by atoms with Crippen LogP contribution in [0.5, 0.6) is 0 Å². The molecule has 2 atom stereocenters. The van der Waals surface area contributed by atoms with Gasteiger partial charge in [-0.05, 0) is 18.1 Å². The minimum atomic E-state index is -1.95. The summed E-state index contributed by atoms with van der Waals surface area (Å²) in [5, 5.41) is 0.0880. The highest BCUT2D eigenvalue weighted by molar-refractivity contribution is 6.74. The quantitative estimate of drug-likeness (QED) is 0.237. The Balaban J connectivity index is 4.81. The van der Waals surface area contributed by atoms with E-state index in [0.717, 1.165) is 0 Å². The Morgan fingerprint density at radius 2 is 1.77 bits per heavy atom. The maximum atomic E-state index is 10.9. The number of hydrogen-bond acceptors (Lipinski definition) is 4. The van der Waals surface area contributed by atoms with E-state index in [9.17, 15) is 4.79 Å². The maximum Gasteiger partial charge on any atom is 0.384 e. The van der Waals surface area contributed by atoms with Gasteiger partial charge in [-0.1, -0.05) is 38.8 Å². The second-order valence-electron chi connectivity index (χ2n) is 6.38. The van der Waals surface area contributed by atoms with Gasteiger partial charge in [-0.15, -0.1) is 13.2 Å². The minimum Gasteiger partial charge on any atom is -0.459 e. The molecule has 0 aromatic rings. The van der Waals surface area contributed by atoms with Gasteiger partial charge in [0.25, 0.3) is 0 Å². The Kier molecular flexibility index (Phi) is 8.39. The molecule has 0 saturated carbocycles. The van der Waals surface area contributed by atoms with Crippen molar-refractivity contribution in [1.82, 2.24) is 0 Å². The zero-order valence-corrected chi connectivity index (χ0v) is 15.6. The molecule has 0 aliphatic rings. The van der Waals surface area contributed by atoms with E-state index in [-0.39, 0.29) is 23.9 Å². The standard InChI is InChI=1S/C17H28O4Si/c1-9-14(20-13-11-12-16(18)19-6)15(10-2)21-22(7,8)17(3,4)5/h9-10,14-15H,1-2,13H2,3-8H3/t14-,15-/m1/s1. The molecule has 4 nitrogen and oxygen atoms in total. The first-order valence-corrected chi connectivity index (χ1v) is 10.1. The number of carbonyl (C=O) groups is 1. The number of methoxy groups -OCH3 is 1. The first kappa shape index (κ1) is 20.6. The van der Waals surface area contributed by atoms with Crippen LogP contribution in [-0.2, 0) is 18.7 Å². The van der Waals surface area contributed by atoms with Gasteiger partial charge in [-0.3, -0.25) is 0 Å². The number of rotatable bonds is 7. The lowest BCUT2D eigenvalue weighted by Crippen LogP contribution is -2.46. The maximum absolute atomic E-state index is 10.9. The number of ether oxygens (including phenoxy) is 2. The Hall–Kier alpha value is -1.35. The lowest BCUT2D eigenvalue weighted by Gasteiger charge is -2.39. The van der Waals surface area contributed by atoms with Gasteiger partial charge in [0, 0.05) is 5.92 Å². The summed E-state index contributed by atoms with van der Waals surface area (Å²) in [6.45, 7) is 18.5. The Morgan fingerprint density at radius 1 is 1.23 bits per heavy atom. The molecule has 5 heteroatoms. The van der Waals surface area contributed by atoms with Crippen LogP contribution in [0.15, 0.2) is 25.3 Å². The van der Waals surface area contributed by atoms with Crippen molar-refractivity contribution in [2.45, 2.75) is 51.1 Å². The molecule has 0 fully saturated rings. The van der Waals surface area contributed by atoms with Crippen molar-refractivity contribution in [2.24, 2.45) is 0 Å². The molecule has 0 unspecified atom stereocenters. The third-order valence-corrected chi connectivity index (χ3v) is 8.22. The predicted molar refractivity (Wildman–Crippen MR) is 92.0 cm³/mol. The summed E-state index contributed by atoms with van der Waals surface area (Å²) in [7, 11) is -0.665. The van der Waals surface area contributed by atoms with E-state index in [1.807, 2.05) is 0 Å².